The molecule has 0 aliphatic heterocycles. The first-order valence-electron chi connectivity index (χ1n) is 5.22. The third-order valence-corrected chi connectivity index (χ3v) is 3.81. The van der Waals surface area contributed by atoms with Crippen molar-refractivity contribution in [1.82, 2.24) is 0 Å². The van der Waals surface area contributed by atoms with E-state index < -0.39 is 18.1 Å². The molecule has 84 valence electrons. The van der Waals surface area contributed by atoms with Crippen LogP contribution < -0.4 is 5.73 Å². The standard InChI is InChI=1S/C11H20BNO2/c1-8-6-5-7-9(12(14)15)11(8,4)10(2,3)13/h5-7,9,14-15H,13H2,1-4H3. The number of rotatable bonds is 2. The Hall–Kier alpha value is -0.575. The zero-order valence-corrected chi connectivity index (χ0v) is 9.86. The van der Waals surface area contributed by atoms with Crippen LogP contribution in [0.3, 0.4) is 0 Å². The lowest BCUT2D eigenvalue weighted by molar-refractivity contribution is 0.202. The largest absolute Gasteiger partial charge is 0.459 e. The molecule has 0 saturated heterocycles. The van der Waals surface area contributed by atoms with Gasteiger partial charge >= 0.3 is 7.12 Å². The first-order valence-corrected chi connectivity index (χ1v) is 5.22. The third-order valence-electron chi connectivity index (χ3n) is 3.81. The van der Waals surface area contributed by atoms with Crippen LogP contribution in [0.4, 0.5) is 0 Å². The van der Waals surface area contributed by atoms with Crippen LogP contribution in [-0.4, -0.2) is 22.7 Å². The van der Waals surface area contributed by atoms with E-state index in [4.69, 9.17) is 5.73 Å². The van der Waals surface area contributed by atoms with Gasteiger partial charge in [-0.25, -0.2) is 0 Å². The minimum Gasteiger partial charge on any atom is -0.427 e. The zero-order chi connectivity index (χ0) is 11.9. The summed E-state index contributed by atoms with van der Waals surface area (Å²) in [5, 5.41) is 18.8. The van der Waals surface area contributed by atoms with Crippen LogP contribution in [0.1, 0.15) is 27.7 Å². The molecular formula is C11H20BNO2. The van der Waals surface area contributed by atoms with Crippen LogP contribution in [0, 0.1) is 5.41 Å². The summed E-state index contributed by atoms with van der Waals surface area (Å²) in [6.07, 6.45) is 5.65. The van der Waals surface area contributed by atoms with E-state index in [-0.39, 0.29) is 5.82 Å². The van der Waals surface area contributed by atoms with Gasteiger partial charge in [0.15, 0.2) is 0 Å². The normalized spacial score (nSPS) is 31.4. The maximum absolute atomic E-state index is 9.42. The van der Waals surface area contributed by atoms with Gasteiger partial charge in [0.05, 0.1) is 0 Å². The molecule has 0 aromatic heterocycles. The number of nitrogens with two attached hydrogens (primary N) is 1. The van der Waals surface area contributed by atoms with E-state index in [1.807, 2.05) is 45.9 Å². The van der Waals surface area contributed by atoms with Crippen molar-refractivity contribution >= 4 is 7.12 Å². The van der Waals surface area contributed by atoms with Gasteiger partial charge in [0.25, 0.3) is 0 Å². The van der Waals surface area contributed by atoms with Gasteiger partial charge < -0.3 is 15.8 Å². The Balaban J connectivity index is 3.21. The average Bonchev–Trinajstić information content (AvgIpc) is 2.07. The predicted molar refractivity (Wildman–Crippen MR) is 63.2 cm³/mol. The number of allylic oxidation sites excluding steroid dienone is 3. The van der Waals surface area contributed by atoms with Crippen molar-refractivity contribution in [2.24, 2.45) is 11.1 Å². The Labute approximate surface area is 91.8 Å². The minimum absolute atomic E-state index is 0.359. The molecule has 0 aromatic carbocycles. The average molecular weight is 209 g/mol. The number of hydrogen-bond donors (Lipinski definition) is 3. The van der Waals surface area contributed by atoms with Crippen LogP contribution in [0.25, 0.3) is 0 Å². The van der Waals surface area contributed by atoms with E-state index in [1.54, 1.807) is 0 Å². The maximum atomic E-state index is 9.42. The van der Waals surface area contributed by atoms with E-state index in [0.29, 0.717) is 0 Å². The molecule has 1 aliphatic rings. The molecular weight excluding hydrogens is 189 g/mol. The molecule has 0 aromatic rings. The van der Waals surface area contributed by atoms with E-state index in [2.05, 4.69) is 0 Å². The highest BCUT2D eigenvalue weighted by Gasteiger charge is 2.49. The summed E-state index contributed by atoms with van der Waals surface area (Å²) in [4.78, 5) is 0. The summed E-state index contributed by atoms with van der Waals surface area (Å²) >= 11 is 0. The van der Waals surface area contributed by atoms with Crippen LogP contribution >= 0.6 is 0 Å². The second kappa shape index (κ2) is 3.78. The van der Waals surface area contributed by atoms with Crippen molar-refractivity contribution in [2.75, 3.05) is 0 Å². The van der Waals surface area contributed by atoms with E-state index in [0.717, 1.165) is 5.57 Å². The summed E-state index contributed by atoms with van der Waals surface area (Å²) in [6.45, 7) is 7.79. The lowest BCUT2D eigenvalue weighted by Crippen LogP contribution is -2.55. The summed E-state index contributed by atoms with van der Waals surface area (Å²) in [7, 11) is -1.38. The molecule has 1 rings (SSSR count). The molecule has 0 radical (unpaired) electrons. The maximum Gasteiger partial charge on any atom is 0.459 e. The highest BCUT2D eigenvalue weighted by molar-refractivity contribution is 6.44. The van der Waals surface area contributed by atoms with Crippen molar-refractivity contribution in [3.05, 3.63) is 23.8 Å². The highest BCUT2D eigenvalue weighted by Crippen LogP contribution is 2.50. The van der Waals surface area contributed by atoms with Gasteiger partial charge in [-0.2, -0.15) is 0 Å². The summed E-state index contributed by atoms with van der Waals surface area (Å²) in [5.41, 5.74) is 6.30. The Bertz CT molecular complexity index is 304. The first kappa shape index (κ1) is 12.5. The van der Waals surface area contributed by atoms with E-state index in [1.165, 1.54) is 0 Å². The predicted octanol–water partition coefficient (Wildman–Crippen LogP) is 1.09. The zero-order valence-electron chi connectivity index (χ0n) is 9.86. The third kappa shape index (κ3) is 1.89. The molecule has 1 aliphatic carbocycles. The summed E-state index contributed by atoms with van der Waals surface area (Å²) in [6, 6.07) is 0. The Morgan fingerprint density at radius 3 is 2.33 bits per heavy atom. The quantitative estimate of drug-likeness (QED) is 0.596. The molecule has 2 atom stereocenters. The highest BCUT2D eigenvalue weighted by atomic mass is 16.4. The molecule has 0 amide bonds. The summed E-state index contributed by atoms with van der Waals surface area (Å²) < 4.78 is 0. The molecule has 0 spiro atoms. The molecule has 2 unspecified atom stereocenters. The molecule has 3 nitrogen and oxygen atoms in total. The van der Waals surface area contributed by atoms with Crippen LogP contribution in [-0.2, 0) is 0 Å². The fourth-order valence-corrected chi connectivity index (χ4v) is 2.28. The fraction of sp³-hybridized carbons (Fsp3) is 0.636. The Morgan fingerprint density at radius 1 is 1.47 bits per heavy atom. The fourth-order valence-electron chi connectivity index (χ4n) is 2.28. The molecule has 4 heteroatoms. The van der Waals surface area contributed by atoms with E-state index in [9.17, 15) is 10.0 Å². The SMILES string of the molecule is CC1=CC=CC(B(O)O)C1(C)C(C)(C)N. The van der Waals surface area contributed by atoms with Gasteiger partial charge in [0.2, 0.25) is 0 Å². The van der Waals surface area contributed by atoms with Gasteiger partial charge in [-0.3, -0.25) is 0 Å². The molecule has 0 heterocycles. The van der Waals surface area contributed by atoms with Crippen molar-refractivity contribution in [2.45, 2.75) is 39.1 Å². The van der Waals surface area contributed by atoms with Crippen LogP contribution in [0.5, 0.6) is 0 Å². The topological polar surface area (TPSA) is 66.5 Å². The van der Waals surface area contributed by atoms with Crippen molar-refractivity contribution in [1.29, 1.82) is 0 Å². The number of hydrogen-bond acceptors (Lipinski definition) is 3. The molecule has 4 N–H and O–H groups in total. The lowest BCUT2D eigenvalue weighted by Gasteiger charge is -2.48. The van der Waals surface area contributed by atoms with Crippen LogP contribution in [0.2, 0.25) is 5.82 Å². The Morgan fingerprint density at radius 2 is 2.00 bits per heavy atom. The monoisotopic (exact) mass is 209 g/mol. The summed E-state index contributed by atoms with van der Waals surface area (Å²) in [5.74, 6) is -0.359. The van der Waals surface area contributed by atoms with Crippen molar-refractivity contribution in [3.8, 4) is 0 Å². The second-order valence-corrected chi connectivity index (χ2v) is 5.10. The second-order valence-electron chi connectivity index (χ2n) is 5.10. The first-order chi connectivity index (χ1) is 6.71. The van der Waals surface area contributed by atoms with Gasteiger partial charge in [0.1, 0.15) is 0 Å². The molecule has 15 heavy (non-hydrogen) atoms. The molecule has 0 bridgehead atoms. The lowest BCUT2D eigenvalue weighted by atomic mass is 9.49. The van der Waals surface area contributed by atoms with Gasteiger partial charge in [-0.05, 0) is 20.8 Å². The van der Waals surface area contributed by atoms with Crippen molar-refractivity contribution < 1.29 is 10.0 Å². The van der Waals surface area contributed by atoms with Crippen molar-refractivity contribution in [3.63, 3.8) is 0 Å². The van der Waals surface area contributed by atoms with Gasteiger partial charge in [-0.15, -0.1) is 0 Å². The van der Waals surface area contributed by atoms with E-state index >= 15 is 0 Å². The smallest absolute Gasteiger partial charge is 0.427 e. The molecule has 0 fully saturated rings. The molecule has 0 saturated carbocycles. The van der Waals surface area contributed by atoms with Crippen LogP contribution in [0.15, 0.2) is 23.8 Å². The van der Waals surface area contributed by atoms with Gasteiger partial charge in [-0.1, -0.05) is 30.7 Å². The minimum atomic E-state index is -1.38. The van der Waals surface area contributed by atoms with Gasteiger partial charge in [0, 0.05) is 16.8 Å². The Kier molecular flexibility index (Phi) is 3.15.